The Labute approximate surface area is 89.7 Å². The summed E-state index contributed by atoms with van der Waals surface area (Å²) in [5, 5.41) is 2.78. The molecular formula is C10H18N4O. The van der Waals surface area contributed by atoms with Crippen LogP contribution in [0.4, 0.5) is 0 Å². The lowest BCUT2D eigenvalue weighted by Crippen LogP contribution is -2.40. The van der Waals surface area contributed by atoms with E-state index in [1.54, 1.807) is 6.20 Å². The third-order valence-electron chi connectivity index (χ3n) is 2.35. The third-order valence-corrected chi connectivity index (χ3v) is 2.35. The molecule has 0 saturated carbocycles. The molecule has 1 aromatic heterocycles. The topological polar surface area (TPSA) is 72.9 Å². The normalized spacial score (nSPS) is 12.5. The van der Waals surface area contributed by atoms with E-state index >= 15 is 0 Å². The summed E-state index contributed by atoms with van der Waals surface area (Å²) in [5.41, 5.74) is 5.57. The SMILES string of the molecule is CC[C@@H](N)C(=O)NCCc1nccn1C. The zero-order chi connectivity index (χ0) is 11.3. The Balaban J connectivity index is 2.28. The number of aryl methyl sites for hydroxylation is 1. The fourth-order valence-electron chi connectivity index (χ4n) is 1.25. The maximum absolute atomic E-state index is 11.3. The second-order valence-electron chi connectivity index (χ2n) is 3.51. The Morgan fingerprint density at radius 1 is 1.73 bits per heavy atom. The Morgan fingerprint density at radius 2 is 2.47 bits per heavy atom. The Morgan fingerprint density at radius 3 is 3.00 bits per heavy atom. The number of amides is 1. The number of carbonyl (C=O) groups excluding carboxylic acids is 1. The van der Waals surface area contributed by atoms with Crippen LogP contribution < -0.4 is 11.1 Å². The highest BCUT2D eigenvalue weighted by Gasteiger charge is 2.09. The summed E-state index contributed by atoms with van der Waals surface area (Å²) in [6.45, 7) is 2.47. The second-order valence-corrected chi connectivity index (χ2v) is 3.51. The average molecular weight is 210 g/mol. The lowest BCUT2D eigenvalue weighted by molar-refractivity contribution is -0.122. The van der Waals surface area contributed by atoms with E-state index in [1.807, 2.05) is 24.7 Å². The van der Waals surface area contributed by atoms with E-state index in [2.05, 4.69) is 10.3 Å². The highest BCUT2D eigenvalue weighted by atomic mass is 16.2. The molecule has 5 nitrogen and oxygen atoms in total. The molecule has 0 aromatic carbocycles. The van der Waals surface area contributed by atoms with Crippen LogP contribution in [0.25, 0.3) is 0 Å². The molecular weight excluding hydrogens is 192 g/mol. The standard InChI is InChI=1S/C10H18N4O/c1-3-8(11)10(15)13-5-4-9-12-6-7-14(9)2/h6-8H,3-5,11H2,1-2H3,(H,13,15)/t8-/m1/s1. The largest absolute Gasteiger partial charge is 0.354 e. The summed E-state index contributed by atoms with van der Waals surface area (Å²) >= 11 is 0. The molecule has 84 valence electrons. The highest BCUT2D eigenvalue weighted by Crippen LogP contribution is 1.94. The summed E-state index contributed by atoms with van der Waals surface area (Å²) in [5.74, 6) is 0.868. The van der Waals surface area contributed by atoms with E-state index in [4.69, 9.17) is 5.73 Å². The smallest absolute Gasteiger partial charge is 0.236 e. The third kappa shape index (κ3) is 3.36. The van der Waals surface area contributed by atoms with Crippen LogP contribution in [-0.2, 0) is 18.3 Å². The van der Waals surface area contributed by atoms with Crippen LogP contribution in [0.15, 0.2) is 12.4 Å². The molecule has 5 heteroatoms. The van der Waals surface area contributed by atoms with E-state index in [9.17, 15) is 4.79 Å². The first-order valence-corrected chi connectivity index (χ1v) is 5.14. The van der Waals surface area contributed by atoms with Gasteiger partial charge in [-0.25, -0.2) is 4.98 Å². The molecule has 15 heavy (non-hydrogen) atoms. The number of nitrogens with zero attached hydrogens (tertiary/aromatic N) is 2. The second kappa shape index (κ2) is 5.50. The molecule has 0 fully saturated rings. The number of aromatic nitrogens is 2. The van der Waals surface area contributed by atoms with Crippen molar-refractivity contribution in [2.24, 2.45) is 12.8 Å². The monoisotopic (exact) mass is 210 g/mol. The molecule has 0 aliphatic carbocycles. The molecule has 0 bridgehead atoms. The molecule has 0 radical (unpaired) electrons. The molecule has 1 atom stereocenters. The zero-order valence-corrected chi connectivity index (χ0v) is 9.23. The molecule has 1 rings (SSSR count). The Hall–Kier alpha value is -1.36. The fourth-order valence-corrected chi connectivity index (χ4v) is 1.25. The van der Waals surface area contributed by atoms with Gasteiger partial charge in [0.1, 0.15) is 5.82 Å². The zero-order valence-electron chi connectivity index (χ0n) is 9.23. The maximum Gasteiger partial charge on any atom is 0.236 e. The average Bonchev–Trinajstić information content (AvgIpc) is 2.63. The summed E-state index contributed by atoms with van der Waals surface area (Å²) < 4.78 is 1.94. The van der Waals surface area contributed by atoms with E-state index in [-0.39, 0.29) is 5.91 Å². The lowest BCUT2D eigenvalue weighted by Gasteiger charge is -2.09. The molecule has 0 aliphatic rings. The van der Waals surface area contributed by atoms with Gasteiger partial charge < -0.3 is 15.6 Å². The van der Waals surface area contributed by atoms with Gasteiger partial charge in [0.05, 0.1) is 6.04 Å². The number of hydrogen-bond acceptors (Lipinski definition) is 3. The number of nitrogens with one attached hydrogen (secondary N) is 1. The Kier molecular flexibility index (Phi) is 4.30. The molecule has 0 aliphatic heterocycles. The first-order chi connectivity index (χ1) is 7.15. The van der Waals surface area contributed by atoms with Crippen molar-refractivity contribution in [1.29, 1.82) is 0 Å². The van der Waals surface area contributed by atoms with Crippen molar-refractivity contribution in [3.8, 4) is 0 Å². The molecule has 1 heterocycles. The maximum atomic E-state index is 11.3. The molecule has 0 unspecified atom stereocenters. The summed E-state index contributed by atoms with van der Waals surface area (Å²) in [4.78, 5) is 15.5. The molecule has 1 aromatic rings. The minimum absolute atomic E-state index is 0.0910. The van der Waals surface area contributed by atoms with Crippen LogP contribution in [-0.4, -0.2) is 28.0 Å². The van der Waals surface area contributed by atoms with E-state index < -0.39 is 6.04 Å². The van der Waals surface area contributed by atoms with Gasteiger partial charge in [-0.2, -0.15) is 0 Å². The van der Waals surface area contributed by atoms with Crippen molar-refractivity contribution in [1.82, 2.24) is 14.9 Å². The van der Waals surface area contributed by atoms with Crippen molar-refractivity contribution in [3.05, 3.63) is 18.2 Å². The Bertz CT molecular complexity index is 321. The van der Waals surface area contributed by atoms with Gasteiger partial charge in [-0.05, 0) is 6.42 Å². The van der Waals surface area contributed by atoms with Crippen molar-refractivity contribution < 1.29 is 4.79 Å². The first-order valence-electron chi connectivity index (χ1n) is 5.14. The number of rotatable bonds is 5. The van der Waals surface area contributed by atoms with Gasteiger partial charge in [0.25, 0.3) is 0 Å². The van der Waals surface area contributed by atoms with Crippen molar-refractivity contribution >= 4 is 5.91 Å². The predicted octanol–water partition coefficient (Wildman–Crippen LogP) is -0.184. The van der Waals surface area contributed by atoms with Gasteiger partial charge in [0, 0.05) is 32.4 Å². The van der Waals surface area contributed by atoms with Gasteiger partial charge in [-0.3, -0.25) is 4.79 Å². The van der Waals surface area contributed by atoms with E-state index in [0.29, 0.717) is 13.0 Å². The van der Waals surface area contributed by atoms with Gasteiger partial charge in [0.2, 0.25) is 5.91 Å². The van der Waals surface area contributed by atoms with Gasteiger partial charge >= 0.3 is 0 Å². The number of imidazole rings is 1. The molecule has 1 amide bonds. The summed E-state index contributed by atoms with van der Waals surface area (Å²) in [6, 6.07) is -0.397. The van der Waals surface area contributed by atoms with E-state index in [0.717, 1.165) is 12.2 Å². The number of nitrogens with two attached hydrogens (primary N) is 1. The van der Waals surface area contributed by atoms with Gasteiger partial charge in [0.15, 0.2) is 0 Å². The number of carbonyl (C=O) groups is 1. The number of hydrogen-bond donors (Lipinski definition) is 2. The molecule has 0 saturated heterocycles. The van der Waals surface area contributed by atoms with E-state index in [1.165, 1.54) is 0 Å². The fraction of sp³-hybridized carbons (Fsp3) is 0.600. The van der Waals surface area contributed by atoms with Crippen LogP contribution >= 0.6 is 0 Å². The predicted molar refractivity (Wildman–Crippen MR) is 58.2 cm³/mol. The minimum Gasteiger partial charge on any atom is -0.354 e. The summed E-state index contributed by atoms with van der Waals surface area (Å²) in [7, 11) is 1.93. The highest BCUT2D eigenvalue weighted by molar-refractivity contribution is 5.81. The van der Waals surface area contributed by atoms with Crippen molar-refractivity contribution in [2.75, 3.05) is 6.54 Å². The van der Waals surface area contributed by atoms with Crippen LogP contribution in [0.1, 0.15) is 19.2 Å². The van der Waals surface area contributed by atoms with Gasteiger partial charge in [-0.15, -0.1) is 0 Å². The first kappa shape index (κ1) is 11.7. The van der Waals surface area contributed by atoms with Crippen LogP contribution in [0, 0.1) is 0 Å². The summed E-state index contributed by atoms with van der Waals surface area (Å²) in [6.07, 6.45) is 5.02. The van der Waals surface area contributed by atoms with Crippen molar-refractivity contribution in [3.63, 3.8) is 0 Å². The lowest BCUT2D eigenvalue weighted by atomic mass is 10.2. The minimum atomic E-state index is -0.397. The van der Waals surface area contributed by atoms with Gasteiger partial charge in [-0.1, -0.05) is 6.92 Å². The van der Waals surface area contributed by atoms with Crippen molar-refractivity contribution in [2.45, 2.75) is 25.8 Å². The van der Waals surface area contributed by atoms with Crippen LogP contribution in [0.5, 0.6) is 0 Å². The van der Waals surface area contributed by atoms with Crippen LogP contribution in [0.2, 0.25) is 0 Å². The quantitative estimate of drug-likeness (QED) is 0.708. The molecule has 0 spiro atoms. The van der Waals surface area contributed by atoms with Crippen LogP contribution in [0.3, 0.4) is 0 Å². The molecule has 3 N–H and O–H groups in total.